The molecule has 4 N–H and O–H groups in total. The summed E-state index contributed by atoms with van der Waals surface area (Å²) in [5.41, 5.74) is 0.248. The SMILES string of the molecule is CN=C(NN)NC1(C(F)(F)F)CC1. The van der Waals surface area contributed by atoms with Crippen LogP contribution in [0.15, 0.2) is 4.99 Å². The van der Waals surface area contributed by atoms with Crippen molar-refractivity contribution >= 4 is 5.96 Å². The summed E-state index contributed by atoms with van der Waals surface area (Å²) in [5.74, 6) is 4.90. The number of nitrogens with zero attached hydrogens (tertiary/aromatic N) is 1. The molecule has 0 heterocycles. The van der Waals surface area contributed by atoms with Crippen molar-refractivity contribution < 1.29 is 13.2 Å². The third-order valence-corrected chi connectivity index (χ3v) is 2.01. The van der Waals surface area contributed by atoms with Gasteiger partial charge in [-0.1, -0.05) is 0 Å². The molecule has 1 aliphatic carbocycles. The molecule has 4 nitrogen and oxygen atoms in total. The van der Waals surface area contributed by atoms with E-state index in [0.29, 0.717) is 0 Å². The van der Waals surface area contributed by atoms with Gasteiger partial charge < -0.3 is 5.32 Å². The highest BCUT2D eigenvalue weighted by Gasteiger charge is 2.64. The number of halogens is 3. The predicted molar refractivity (Wildman–Crippen MR) is 41.8 cm³/mol. The molecule has 0 aromatic rings. The van der Waals surface area contributed by atoms with Gasteiger partial charge in [-0.2, -0.15) is 13.2 Å². The van der Waals surface area contributed by atoms with Crippen LogP contribution in [0.25, 0.3) is 0 Å². The lowest BCUT2D eigenvalue weighted by Crippen LogP contribution is -2.53. The van der Waals surface area contributed by atoms with E-state index in [1.165, 1.54) is 7.05 Å². The van der Waals surface area contributed by atoms with Crippen LogP contribution in [0.3, 0.4) is 0 Å². The minimum absolute atomic E-state index is 0.0465. The number of nitrogens with one attached hydrogen (secondary N) is 2. The molecule has 76 valence electrons. The summed E-state index contributed by atoms with van der Waals surface area (Å²) < 4.78 is 37.0. The van der Waals surface area contributed by atoms with Crippen molar-refractivity contribution in [3.63, 3.8) is 0 Å². The molecule has 0 aromatic heterocycles. The summed E-state index contributed by atoms with van der Waals surface area (Å²) in [5, 5.41) is 2.23. The number of hydrazine groups is 1. The Morgan fingerprint density at radius 1 is 1.46 bits per heavy atom. The van der Waals surface area contributed by atoms with E-state index in [1.54, 1.807) is 0 Å². The van der Waals surface area contributed by atoms with Crippen LogP contribution in [0.5, 0.6) is 0 Å². The Labute approximate surface area is 73.4 Å². The molecular weight excluding hydrogens is 185 g/mol. The van der Waals surface area contributed by atoms with Gasteiger partial charge in [0.25, 0.3) is 0 Å². The Hall–Kier alpha value is -0.980. The fourth-order valence-electron chi connectivity index (χ4n) is 0.988. The maximum atomic E-state index is 12.3. The van der Waals surface area contributed by atoms with E-state index in [0.717, 1.165) is 0 Å². The number of hydrogen-bond donors (Lipinski definition) is 3. The molecule has 7 heteroatoms. The molecule has 1 aliphatic rings. The average Bonchev–Trinajstić information content (AvgIpc) is 2.79. The van der Waals surface area contributed by atoms with Crippen LogP contribution >= 0.6 is 0 Å². The quantitative estimate of drug-likeness (QED) is 0.241. The first-order valence-electron chi connectivity index (χ1n) is 3.73. The van der Waals surface area contributed by atoms with Crippen LogP contribution in [-0.4, -0.2) is 24.7 Å². The topological polar surface area (TPSA) is 62.4 Å². The molecule has 1 rings (SSSR count). The molecule has 0 aliphatic heterocycles. The van der Waals surface area contributed by atoms with Gasteiger partial charge in [0.2, 0.25) is 5.96 Å². The van der Waals surface area contributed by atoms with Crippen molar-refractivity contribution in [3.05, 3.63) is 0 Å². The summed E-state index contributed by atoms with van der Waals surface area (Å²) in [4.78, 5) is 3.51. The van der Waals surface area contributed by atoms with E-state index in [4.69, 9.17) is 5.84 Å². The van der Waals surface area contributed by atoms with E-state index < -0.39 is 11.7 Å². The monoisotopic (exact) mass is 196 g/mol. The summed E-state index contributed by atoms with van der Waals surface area (Å²) in [7, 11) is 1.36. The van der Waals surface area contributed by atoms with Gasteiger partial charge >= 0.3 is 6.18 Å². The molecule has 0 unspecified atom stereocenters. The van der Waals surface area contributed by atoms with E-state index in [2.05, 4.69) is 15.7 Å². The van der Waals surface area contributed by atoms with Crippen LogP contribution in [0.4, 0.5) is 13.2 Å². The second kappa shape index (κ2) is 3.06. The minimum Gasteiger partial charge on any atom is -0.341 e. The minimum atomic E-state index is -4.25. The molecule has 0 atom stereocenters. The predicted octanol–water partition coefficient (Wildman–Crippen LogP) is 0.120. The summed E-state index contributed by atoms with van der Waals surface area (Å²) in [6, 6.07) is 0. The summed E-state index contributed by atoms with van der Waals surface area (Å²) in [6.45, 7) is 0. The van der Waals surface area contributed by atoms with Gasteiger partial charge in [0.1, 0.15) is 5.54 Å². The van der Waals surface area contributed by atoms with Crippen molar-refractivity contribution in [2.75, 3.05) is 7.05 Å². The molecule has 0 bridgehead atoms. The van der Waals surface area contributed by atoms with Crippen LogP contribution in [-0.2, 0) is 0 Å². The summed E-state index contributed by atoms with van der Waals surface area (Å²) in [6.07, 6.45) is -4.12. The van der Waals surface area contributed by atoms with Gasteiger partial charge in [0.15, 0.2) is 0 Å². The number of aliphatic imine (C=N–C) groups is 1. The number of hydrogen-bond acceptors (Lipinski definition) is 2. The van der Waals surface area contributed by atoms with Gasteiger partial charge in [-0.15, -0.1) is 0 Å². The maximum Gasteiger partial charge on any atom is 0.411 e. The lowest BCUT2D eigenvalue weighted by molar-refractivity contribution is -0.161. The average molecular weight is 196 g/mol. The second-order valence-electron chi connectivity index (χ2n) is 2.92. The molecule has 0 spiro atoms. The number of guanidine groups is 1. The third kappa shape index (κ3) is 1.85. The normalized spacial score (nSPS) is 21.2. The standard InChI is InChI=1S/C6H11F3N4/c1-11-4(13-10)12-5(2-3-5)6(7,8)9/h2-3,10H2,1H3,(H2,11,12,13). The highest BCUT2D eigenvalue weighted by atomic mass is 19.4. The third-order valence-electron chi connectivity index (χ3n) is 2.01. The zero-order valence-electron chi connectivity index (χ0n) is 7.07. The molecule has 0 saturated heterocycles. The Bertz CT molecular complexity index is 218. The fourth-order valence-corrected chi connectivity index (χ4v) is 0.988. The van der Waals surface area contributed by atoms with E-state index in [-0.39, 0.29) is 18.8 Å². The number of alkyl halides is 3. The van der Waals surface area contributed by atoms with Crippen molar-refractivity contribution in [2.24, 2.45) is 10.8 Å². The molecule has 0 radical (unpaired) electrons. The van der Waals surface area contributed by atoms with Gasteiger partial charge in [0.05, 0.1) is 0 Å². The van der Waals surface area contributed by atoms with Crippen molar-refractivity contribution in [1.82, 2.24) is 10.7 Å². The Kier molecular flexibility index (Phi) is 2.38. The molecule has 1 fully saturated rings. The zero-order valence-corrected chi connectivity index (χ0v) is 7.07. The first-order valence-corrected chi connectivity index (χ1v) is 3.73. The van der Waals surface area contributed by atoms with E-state index in [1.807, 2.05) is 0 Å². The van der Waals surface area contributed by atoms with Crippen molar-refractivity contribution in [2.45, 2.75) is 24.6 Å². The van der Waals surface area contributed by atoms with Crippen LogP contribution in [0.2, 0.25) is 0 Å². The highest BCUT2D eigenvalue weighted by molar-refractivity contribution is 5.80. The number of nitrogens with two attached hydrogens (primary N) is 1. The van der Waals surface area contributed by atoms with Gasteiger partial charge in [-0.05, 0) is 12.8 Å². The first kappa shape index (κ1) is 10.1. The Morgan fingerprint density at radius 3 is 2.23 bits per heavy atom. The van der Waals surface area contributed by atoms with E-state index >= 15 is 0 Å². The summed E-state index contributed by atoms with van der Waals surface area (Å²) >= 11 is 0. The lowest BCUT2D eigenvalue weighted by Gasteiger charge is -2.22. The zero-order chi connectivity index (χ0) is 10.1. The first-order chi connectivity index (χ1) is 5.95. The van der Waals surface area contributed by atoms with Crippen LogP contribution < -0.4 is 16.6 Å². The molecule has 13 heavy (non-hydrogen) atoms. The second-order valence-corrected chi connectivity index (χ2v) is 2.92. The van der Waals surface area contributed by atoms with Crippen molar-refractivity contribution in [3.8, 4) is 0 Å². The smallest absolute Gasteiger partial charge is 0.341 e. The molecule has 0 amide bonds. The largest absolute Gasteiger partial charge is 0.411 e. The Balaban J connectivity index is 2.63. The van der Waals surface area contributed by atoms with Gasteiger partial charge in [0, 0.05) is 7.05 Å². The van der Waals surface area contributed by atoms with Crippen LogP contribution in [0, 0.1) is 0 Å². The van der Waals surface area contributed by atoms with Gasteiger partial charge in [-0.25, -0.2) is 5.84 Å². The lowest BCUT2D eigenvalue weighted by atomic mass is 10.2. The Morgan fingerprint density at radius 2 is 2.00 bits per heavy atom. The fraction of sp³-hybridized carbons (Fsp3) is 0.833. The number of rotatable bonds is 1. The molecule has 0 aromatic carbocycles. The molecule has 1 saturated carbocycles. The maximum absolute atomic E-state index is 12.3. The van der Waals surface area contributed by atoms with Crippen LogP contribution in [0.1, 0.15) is 12.8 Å². The highest BCUT2D eigenvalue weighted by Crippen LogP contribution is 2.48. The van der Waals surface area contributed by atoms with E-state index in [9.17, 15) is 13.2 Å². The van der Waals surface area contributed by atoms with Gasteiger partial charge in [-0.3, -0.25) is 10.4 Å². The molecular formula is C6H11F3N4. The van der Waals surface area contributed by atoms with Crippen molar-refractivity contribution in [1.29, 1.82) is 0 Å².